The summed E-state index contributed by atoms with van der Waals surface area (Å²) in [5.41, 5.74) is 18.5. The molecule has 2 saturated heterocycles. The fourth-order valence-corrected chi connectivity index (χ4v) is 6.72. The lowest BCUT2D eigenvalue weighted by Gasteiger charge is -2.26. The van der Waals surface area contributed by atoms with E-state index < -0.39 is 12.1 Å². The first kappa shape index (κ1) is 30.5. The van der Waals surface area contributed by atoms with Crippen LogP contribution in [0.3, 0.4) is 0 Å². The third-order valence-corrected chi connectivity index (χ3v) is 9.27. The second kappa shape index (κ2) is 12.9. The number of carbonyl (C=O) groups excluding carboxylic acids is 2. The highest BCUT2D eigenvalue weighted by molar-refractivity contribution is 5.84. The number of nitrogens with zero attached hydrogens (tertiary/aromatic N) is 5. The summed E-state index contributed by atoms with van der Waals surface area (Å²) in [4.78, 5) is 50.4. The molecule has 3 aromatic heterocycles. The van der Waals surface area contributed by atoms with Gasteiger partial charge in [-0.2, -0.15) is 0 Å². The van der Waals surface area contributed by atoms with Gasteiger partial charge in [-0.15, -0.1) is 0 Å². The Morgan fingerprint density at radius 1 is 0.702 bits per heavy atom. The zero-order valence-corrected chi connectivity index (χ0v) is 26.3. The smallest absolute Gasteiger partial charge is 0.244 e. The van der Waals surface area contributed by atoms with Crippen LogP contribution >= 0.6 is 0 Å². The predicted octanol–water partition coefficient (Wildman–Crippen LogP) is 4.90. The summed E-state index contributed by atoms with van der Waals surface area (Å²) in [6.07, 6.45) is 8.99. The maximum atomic E-state index is 13.3. The SMILES string of the molecule is C[C@@H](N)C(=O)N1CCC[C@H]1c1ncc(-c2ccc(-c3ccc(-c4cnc([C@@H]5CCCN5C(=O)[C@H](N)c5ccccc5)[nH]4)cc3)nc2)[nH]1. The number of nitrogens with two attached hydrogens (primary N) is 2. The van der Waals surface area contributed by atoms with Crippen LogP contribution in [0.25, 0.3) is 33.8 Å². The molecule has 0 spiro atoms. The van der Waals surface area contributed by atoms with E-state index in [1.54, 1.807) is 13.1 Å². The Bertz CT molecular complexity index is 1850. The minimum atomic E-state index is -0.696. The molecule has 47 heavy (non-hydrogen) atoms. The molecule has 11 heteroatoms. The van der Waals surface area contributed by atoms with Gasteiger partial charge in [0.15, 0.2) is 0 Å². The van der Waals surface area contributed by atoms with Gasteiger partial charge >= 0.3 is 0 Å². The van der Waals surface area contributed by atoms with Crippen molar-refractivity contribution in [1.82, 2.24) is 34.7 Å². The number of amides is 2. The molecule has 2 amide bonds. The van der Waals surface area contributed by atoms with Gasteiger partial charge in [0.1, 0.15) is 17.7 Å². The second-order valence-electron chi connectivity index (χ2n) is 12.4. The molecule has 5 aromatic rings. The van der Waals surface area contributed by atoms with E-state index in [1.807, 2.05) is 88.9 Å². The molecule has 240 valence electrons. The third-order valence-electron chi connectivity index (χ3n) is 9.27. The van der Waals surface area contributed by atoms with Crippen molar-refractivity contribution in [2.45, 2.75) is 56.8 Å². The minimum Gasteiger partial charge on any atom is -0.340 e. The first-order valence-electron chi connectivity index (χ1n) is 16.2. The molecule has 2 aromatic carbocycles. The number of rotatable bonds is 8. The molecule has 2 aliphatic rings. The highest BCUT2D eigenvalue weighted by atomic mass is 16.2. The Morgan fingerprint density at radius 2 is 1.26 bits per heavy atom. The minimum absolute atomic E-state index is 0.0489. The molecule has 0 unspecified atom stereocenters. The van der Waals surface area contributed by atoms with Crippen LogP contribution in [-0.4, -0.2) is 65.7 Å². The number of nitrogens with one attached hydrogen (secondary N) is 2. The van der Waals surface area contributed by atoms with E-state index in [-0.39, 0.29) is 23.9 Å². The lowest BCUT2D eigenvalue weighted by Crippen LogP contribution is -2.41. The summed E-state index contributed by atoms with van der Waals surface area (Å²) in [5.74, 6) is 1.42. The van der Waals surface area contributed by atoms with Crippen molar-refractivity contribution in [2.24, 2.45) is 11.5 Å². The van der Waals surface area contributed by atoms with Crippen LogP contribution in [0.15, 0.2) is 85.3 Å². The normalized spacial score (nSPS) is 19.2. The van der Waals surface area contributed by atoms with Crippen LogP contribution < -0.4 is 11.5 Å². The van der Waals surface area contributed by atoms with E-state index in [9.17, 15) is 9.59 Å². The third kappa shape index (κ3) is 6.07. The average molecular weight is 630 g/mol. The molecule has 4 atom stereocenters. The fraction of sp³-hybridized carbons (Fsp3) is 0.306. The van der Waals surface area contributed by atoms with Gasteiger partial charge < -0.3 is 31.2 Å². The van der Waals surface area contributed by atoms with Crippen LogP contribution in [-0.2, 0) is 9.59 Å². The maximum absolute atomic E-state index is 13.3. The van der Waals surface area contributed by atoms with Crippen molar-refractivity contribution in [1.29, 1.82) is 0 Å². The molecule has 0 radical (unpaired) electrons. The Balaban J connectivity index is 1.02. The zero-order valence-electron chi connectivity index (χ0n) is 26.3. The van der Waals surface area contributed by atoms with Gasteiger partial charge in [-0.1, -0.05) is 54.6 Å². The number of carbonyl (C=O) groups is 2. The van der Waals surface area contributed by atoms with E-state index in [4.69, 9.17) is 16.5 Å². The average Bonchev–Trinajstić information content (AvgIpc) is 3.94. The Kier molecular flexibility index (Phi) is 8.40. The summed E-state index contributed by atoms with van der Waals surface area (Å²) in [5, 5.41) is 0. The number of imidazole rings is 2. The van der Waals surface area contributed by atoms with E-state index >= 15 is 0 Å². The standard InChI is InChI=1S/C36H39N9O2/c1-22(37)35(46)44-17-5-9-30(44)33-41-21-29(43-33)26-15-16-27(39-19-26)23-11-13-24(14-12-23)28-20-40-34(42-28)31-10-6-18-45(31)36(47)32(38)25-7-3-2-4-8-25/h2-4,7-8,11-16,19-22,30-32H,5-6,9-10,17-18,37-38H2,1H3,(H,40,42)(H,41,43)/t22-,30+,31+,32-/m1/s1. The monoisotopic (exact) mass is 629 g/mol. The number of benzene rings is 2. The summed E-state index contributed by atoms with van der Waals surface area (Å²) >= 11 is 0. The van der Waals surface area contributed by atoms with Gasteiger partial charge in [0, 0.05) is 30.4 Å². The number of pyridine rings is 1. The lowest BCUT2D eigenvalue weighted by atomic mass is 10.1. The Hall–Kier alpha value is -5.13. The van der Waals surface area contributed by atoms with Crippen LogP contribution in [0.4, 0.5) is 0 Å². The first-order valence-corrected chi connectivity index (χ1v) is 16.2. The maximum Gasteiger partial charge on any atom is 0.244 e. The van der Waals surface area contributed by atoms with E-state index in [1.165, 1.54) is 0 Å². The molecule has 0 bridgehead atoms. The van der Waals surface area contributed by atoms with E-state index in [2.05, 4.69) is 19.9 Å². The van der Waals surface area contributed by atoms with Crippen molar-refractivity contribution in [3.8, 4) is 33.8 Å². The Morgan fingerprint density at radius 3 is 1.83 bits per heavy atom. The first-order chi connectivity index (χ1) is 22.9. The van der Waals surface area contributed by atoms with E-state index in [0.29, 0.717) is 13.1 Å². The van der Waals surface area contributed by atoms with Crippen molar-refractivity contribution in [3.05, 3.63) is 103 Å². The molecule has 2 fully saturated rings. The number of hydrogen-bond donors (Lipinski definition) is 4. The highest BCUT2D eigenvalue weighted by Crippen LogP contribution is 2.35. The van der Waals surface area contributed by atoms with Gasteiger partial charge in [0.2, 0.25) is 11.8 Å². The summed E-state index contributed by atoms with van der Waals surface area (Å²) < 4.78 is 0. The fourth-order valence-electron chi connectivity index (χ4n) is 6.72. The van der Waals surface area contributed by atoms with Crippen LogP contribution in [0, 0.1) is 0 Å². The topological polar surface area (TPSA) is 163 Å². The van der Waals surface area contributed by atoms with E-state index in [0.717, 1.165) is 76.7 Å². The number of aromatic amines is 2. The number of likely N-dealkylation sites (tertiary alicyclic amines) is 2. The highest BCUT2D eigenvalue weighted by Gasteiger charge is 2.35. The molecular weight excluding hydrogens is 590 g/mol. The van der Waals surface area contributed by atoms with Gasteiger partial charge in [0.05, 0.1) is 47.6 Å². The van der Waals surface area contributed by atoms with Crippen molar-refractivity contribution in [3.63, 3.8) is 0 Å². The summed E-state index contributed by atoms with van der Waals surface area (Å²) in [7, 11) is 0. The van der Waals surface area contributed by atoms with Gasteiger partial charge in [-0.25, -0.2) is 9.97 Å². The van der Waals surface area contributed by atoms with Gasteiger partial charge in [0.25, 0.3) is 0 Å². The van der Waals surface area contributed by atoms with Crippen molar-refractivity contribution in [2.75, 3.05) is 13.1 Å². The number of hydrogen-bond acceptors (Lipinski definition) is 7. The molecule has 5 heterocycles. The molecule has 11 nitrogen and oxygen atoms in total. The molecule has 0 aliphatic carbocycles. The summed E-state index contributed by atoms with van der Waals surface area (Å²) in [6.45, 7) is 3.08. The van der Waals surface area contributed by atoms with Crippen LogP contribution in [0.2, 0.25) is 0 Å². The predicted molar refractivity (Wildman–Crippen MR) is 179 cm³/mol. The largest absolute Gasteiger partial charge is 0.340 e. The molecule has 7 rings (SSSR count). The summed E-state index contributed by atoms with van der Waals surface area (Å²) in [6, 6.07) is 20.2. The molecule has 6 N–H and O–H groups in total. The Labute approximate surface area is 273 Å². The zero-order chi connectivity index (χ0) is 32.5. The van der Waals surface area contributed by atoms with Crippen LogP contribution in [0.1, 0.15) is 67.9 Å². The second-order valence-corrected chi connectivity index (χ2v) is 12.4. The number of H-pyrrole nitrogens is 2. The lowest BCUT2D eigenvalue weighted by molar-refractivity contribution is -0.134. The van der Waals surface area contributed by atoms with Crippen molar-refractivity contribution < 1.29 is 9.59 Å². The quantitative estimate of drug-likeness (QED) is 0.190. The van der Waals surface area contributed by atoms with Gasteiger partial charge in [-0.05, 0) is 55.9 Å². The van der Waals surface area contributed by atoms with Gasteiger partial charge in [-0.3, -0.25) is 14.6 Å². The number of aromatic nitrogens is 5. The van der Waals surface area contributed by atoms with Crippen molar-refractivity contribution >= 4 is 11.8 Å². The molecule has 0 saturated carbocycles. The molecular formula is C36H39N9O2. The van der Waals surface area contributed by atoms with Crippen LogP contribution in [0.5, 0.6) is 0 Å². The molecule has 2 aliphatic heterocycles.